The topological polar surface area (TPSA) is 60.4 Å². The van der Waals surface area contributed by atoms with Crippen molar-refractivity contribution in [1.29, 1.82) is 0 Å². The van der Waals surface area contributed by atoms with Crippen LogP contribution in [0.3, 0.4) is 0 Å². The zero-order valence-corrected chi connectivity index (χ0v) is 15.8. The number of hydrogen-bond acceptors (Lipinski definition) is 3. The van der Waals surface area contributed by atoms with Gasteiger partial charge in [-0.15, -0.1) is 0 Å². The minimum atomic E-state index is -0.297. The normalized spacial score (nSPS) is 15.8. The number of aromatic nitrogens is 1. The van der Waals surface area contributed by atoms with Crippen molar-refractivity contribution >= 4 is 63.0 Å². The fraction of sp³-hybridized carbons (Fsp3) is 0.0526. The third kappa shape index (κ3) is 3.26. The van der Waals surface area contributed by atoms with Crippen molar-refractivity contribution in [2.75, 3.05) is 0 Å². The van der Waals surface area contributed by atoms with E-state index in [9.17, 15) is 4.79 Å². The van der Waals surface area contributed by atoms with Gasteiger partial charge in [0.25, 0.3) is 5.91 Å². The van der Waals surface area contributed by atoms with Gasteiger partial charge in [0.1, 0.15) is 0 Å². The van der Waals surface area contributed by atoms with Crippen molar-refractivity contribution in [3.05, 3.63) is 74.7 Å². The van der Waals surface area contributed by atoms with E-state index in [1.165, 1.54) is 11.8 Å². The Morgan fingerprint density at radius 3 is 2.69 bits per heavy atom. The number of nitrogens with zero attached hydrogens (tertiary/aromatic N) is 2. The average Bonchev–Trinajstić information content (AvgIpc) is 3.11. The second-order valence-electron chi connectivity index (χ2n) is 5.84. The second-order valence-corrected chi connectivity index (χ2v) is 7.72. The SMILES string of the molecule is NC1=NC(=O)/C(=C/c2cn(Cc3ccc(Cl)c(Cl)c3)c3ccccc23)S1. The van der Waals surface area contributed by atoms with Gasteiger partial charge in [-0.3, -0.25) is 4.79 Å². The molecule has 1 amide bonds. The number of hydrogen-bond donors (Lipinski definition) is 1. The summed E-state index contributed by atoms with van der Waals surface area (Å²) in [5.41, 5.74) is 8.69. The molecule has 0 bridgehead atoms. The van der Waals surface area contributed by atoms with Crippen molar-refractivity contribution in [2.24, 2.45) is 10.7 Å². The van der Waals surface area contributed by atoms with Gasteiger partial charge in [-0.1, -0.05) is 47.5 Å². The third-order valence-corrected chi connectivity index (χ3v) is 5.63. The summed E-state index contributed by atoms with van der Waals surface area (Å²) in [5, 5.41) is 2.40. The summed E-state index contributed by atoms with van der Waals surface area (Å²) in [6.07, 6.45) is 3.85. The highest BCUT2D eigenvalue weighted by molar-refractivity contribution is 8.18. The largest absolute Gasteiger partial charge is 0.378 e. The maximum absolute atomic E-state index is 11.9. The van der Waals surface area contributed by atoms with Crippen LogP contribution in [0.2, 0.25) is 10.0 Å². The van der Waals surface area contributed by atoms with Gasteiger partial charge in [0.15, 0.2) is 5.17 Å². The molecule has 0 saturated carbocycles. The molecule has 2 heterocycles. The molecule has 0 atom stereocenters. The Balaban J connectivity index is 1.76. The number of carbonyl (C=O) groups is 1. The van der Waals surface area contributed by atoms with Crippen molar-refractivity contribution < 1.29 is 4.79 Å². The molecule has 7 heteroatoms. The van der Waals surface area contributed by atoms with E-state index >= 15 is 0 Å². The summed E-state index contributed by atoms with van der Waals surface area (Å²) in [6, 6.07) is 13.6. The molecule has 0 fully saturated rings. The molecular formula is C19H13Cl2N3OS. The van der Waals surface area contributed by atoms with Gasteiger partial charge in [0.05, 0.1) is 15.0 Å². The van der Waals surface area contributed by atoms with Crippen LogP contribution in [0, 0.1) is 0 Å². The maximum atomic E-state index is 11.9. The predicted octanol–water partition coefficient (Wildman–Crippen LogP) is 4.93. The Hall–Kier alpha value is -2.21. The van der Waals surface area contributed by atoms with E-state index in [0.29, 0.717) is 21.5 Å². The Morgan fingerprint density at radius 2 is 1.96 bits per heavy atom. The van der Waals surface area contributed by atoms with Crippen LogP contribution < -0.4 is 5.73 Å². The van der Waals surface area contributed by atoms with Crippen LogP contribution in [0.15, 0.2) is 58.6 Å². The van der Waals surface area contributed by atoms with E-state index in [0.717, 1.165) is 22.0 Å². The highest BCUT2D eigenvalue weighted by Gasteiger charge is 2.20. The van der Waals surface area contributed by atoms with Crippen LogP contribution in [-0.4, -0.2) is 15.6 Å². The number of amidine groups is 1. The first-order chi connectivity index (χ1) is 12.5. The second kappa shape index (κ2) is 6.83. The van der Waals surface area contributed by atoms with Gasteiger partial charge >= 0.3 is 0 Å². The highest BCUT2D eigenvalue weighted by Crippen LogP contribution is 2.31. The van der Waals surface area contributed by atoms with Crippen LogP contribution in [-0.2, 0) is 11.3 Å². The number of benzene rings is 2. The summed E-state index contributed by atoms with van der Waals surface area (Å²) in [6.45, 7) is 0.639. The molecule has 3 aromatic rings. The van der Waals surface area contributed by atoms with E-state index < -0.39 is 0 Å². The van der Waals surface area contributed by atoms with Crippen LogP contribution in [0.5, 0.6) is 0 Å². The number of thioether (sulfide) groups is 1. The first kappa shape index (κ1) is 17.2. The van der Waals surface area contributed by atoms with Gasteiger partial charge in [-0.05, 0) is 41.6 Å². The lowest BCUT2D eigenvalue weighted by atomic mass is 10.1. The molecule has 130 valence electrons. The lowest BCUT2D eigenvalue weighted by Gasteiger charge is -2.06. The molecule has 0 spiro atoms. The summed E-state index contributed by atoms with van der Waals surface area (Å²) in [7, 11) is 0. The molecule has 26 heavy (non-hydrogen) atoms. The van der Waals surface area contributed by atoms with Gasteiger partial charge in [-0.2, -0.15) is 4.99 Å². The maximum Gasteiger partial charge on any atom is 0.286 e. The molecule has 0 aliphatic carbocycles. The molecule has 1 aliphatic heterocycles. The summed E-state index contributed by atoms with van der Waals surface area (Å²) >= 11 is 13.3. The van der Waals surface area contributed by atoms with Crippen LogP contribution in [0.4, 0.5) is 0 Å². The van der Waals surface area contributed by atoms with Crippen molar-refractivity contribution in [2.45, 2.75) is 6.54 Å². The summed E-state index contributed by atoms with van der Waals surface area (Å²) < 4.78 is 2.12. The fourth-order valence-electron chi connectivity index (χ4n) is 2.92. The number of halogens is 2. The molecule has 2 aromatic carbocycles. The van der Waals surface area contributed by atoms with Gasteiger partial charge < -0.3 is 10.3 Å². The van der Waals surface area contributed by atoms with Crippen LogP contribution in [0.25, 0.3) is 17.0 Å². The minimum absolute atomic E-state index is 0.279. The Morgan fingerprint density at radius 1 is 1.15 bits per heavy atom. The van der Waals surface area contributed by atoms with Crippen LogP contribution >= 0.6 is 35.0 Å². The molecular weight excluding hydrogens is 389 g/mol. The lowest BCUT2D eigenvalue weighted by molar-refractivity contribution is -0.113. The van der Waals surface area contributed by atoms with E-state index in [1.54, 1.807) is 6.07 Å². The third-order valence-electron chi connectivity index (χ3n) is 4.08. The molecule has 4 nitrogen and oxygen atoms in total. The zero-order chi connectivity index (χ0) is 18.3. The first-order valence-electron chi connectivity index (χ1n) is 7.81. The molecule has 2 N–H and O–H groups in total. The fourth-order valence-corrected chi connectivity index (χ4v) is 3.92. The zero-order valence-electron chi connectivity index (χ0n) is 13.4. The highest BCUT2D eigenvalue weighted by atomic mass is 35.5. The summed E-state index contributed by atoms with van der Waals surface area (Å²) in [4.78, 5) is 16.2. The Bertz CT molecular complexity index is 1100. The number of rotatable bonds is 3. The molecule has 0 saturated heterocycles. The van der Waals surface area contributed by atoms with E-state index in [1.807, 2.05) is 48.7 Å². The molecule has 0 unspecified atom stereocenters. The smallest absolute Gasteiger partial charge is 0.286 e. The van der Waals surface area contributed by atoms with E-state index in [-0.39, 0.29) is 11.1 Å². The molecule has 4 rings (SSSR count). The van der Waals surface area contributed by atoms with Crippen LogP contribution in [0.1, 0.15) is 11.1 Å². The van der Waals surface area contributed by atoms with Gasteiger partial charge in [0, 0.05) is 29.2 Å². The quantitative estimate of drug-likeness (QED) is 0.633. The number of aliphatic imine (C=N–C) groups is 1. The minimum Gasteiger partial charge on any atom is -0.378 e. The number of nitrogens with two attached hydrogens (primary N) is 1. The first-order valence-corrected chi connectivity index (χ1v) is 9.38. The number of amides is 1. The molecule has 0 radical (unpaired) electrons. The lowest BCUT2D eigenvalue weighted by Crippen LogP contribution is -2.01. The van der Waals surface area contributed by atoms with Crippen molar-refractivity contribution in [3.8, 4) is 0 Å². The van der Waals surface area contributed by atoms with E-state index in [2.05, 4.69) is 9.56 Å². The number of fused-ring (bicyclic) bond motifs is 1. The standard InChI is InChI=1S/C19H13Cl2N3OS/c20-14-6-5-11(7-15(14)21)9-24-10-12(13-3-1-2-4-16(13)24)8-17-18(25)23-19(22)26-17/h1-8,10H,9H2,(H2,22,23,25)/b17-8-. The predicted molar refractivity (Wildman–Crippen MR) is 110 cm³/mol. The summed E-state index contributed by atoms with van der Waals surface area (Å²) in [5.74, 6) is -0.297. The van der Waals surface area contributed by atoms with Crippen molar-refractivity contribution in [1.82, 2.24) is 4.57 Å². The number of para-hydroxylation sites is 1. The Labute approximate surface area is 164 Å². The van der Waals surface area contributed by atoms with Gasteiger partial charge in [0.2, 0.25) is 0 Å². The average molecular weight is 402 g/mol. The molecule has 1 aromatic heterocycles. The monoisotopic (exact) mass is 401 g/mol. The van der Waals surface area contributed by atoms with Gasteiger partial charge in [-0.25, -0.2) is 0 Å². The van der Waals surface area contributed by atoms with Crippen molar-refractivity contribution in [3.63, 3.8) is 0 Å². The molecule has 1 aliphatic rings. The van der Waals surface area contributed by atoms with E-state index in [4.69, 9.17) is 28.9 Å². The number of carbonyl (C=O) groups excluding carboxylic acids is 1. The Kier molecular flexibility index (Phi) is 4.53.